The number of rotatable bonds is 7. The second-order valence-corrected chi connectivity index (χ2v) is 10.9. The zero-order valence-electron chi connectivity index (χ0n) is 20.2. The van der Waals surface area contributed by atoms with Gasteiger partial charge in [-0.2, -0.15) is 15.0 Å². The first-order chi connectivity index (χ1) is 17.6. The van der Waals surface area contributed by atoms with E-state index in [1.54, 1.807) is 32.9 Å². The molecule has 0 spiro atoms. The summed E-state index contributed by atoms with van der Waals surface area (Å²) in [5, 5.41) is 17.2. The van der Waals surface area contributed by atoms with E-state index in [0.717, 1.165) is 9.44 Å². The van der Waals surface area contributed by atoms with Gasteiger partial charge in [0.1, 0.15) is 23.3 Å². The number of halogens is 1. The molecule has 0 radical (unpaired) electrons. The van der Waals surface area contributed by atoms with Gasteiger partial charge < -0.3 is 9.88 Å². The van der Waals surface area contributed by atoms with Crippen LogP contribution < -0.4 is 10.9 Å². The zero-order chi connectivity index (χ0) is 26.7. The predicted molar refractivity (Wildman–Crippen MR) is 140 cm³/mol. The molecule has 0 unspecified atom stereocenters. The summed E-state index contributed by atoms with van der Waals surface area (Å²) in [6, 6.07) is 8.63. The SMILES string of the molecule is CC(C)(C)C(=O)n1nc(-c2cc(C#N)cn(CC(=O)c3cnccn3)c2=O)cc1NCc1ccc(Cl)s1. The highest BCUT2D eigenvalue weighted by Crippen LogP contribution is 2.27. The van der Waals surface area contributed by atoms with Crippen molar-refractivity contribution < 1.29 is 9.59 Å². The summed E-state index contributed by atoms with van der Waals surface area (Å²) in [5.41, 5.74) is -0.787. The van der Waals surface area contributed by atoms with Crippen molar-refractivity contribution in [3.05, 3.63) is 79.9 Å². The minimum absolute atomic E-state index is 0.0775. The van der Waals surface area contributed by atoms with E-state index in [2.05, 4.69) is 20.4 Å². The number of nitrogens with zero attached hydrogens (tertiary/aromatic N) is 6. The molecule has 4 aromatic rings. The topological polar surface area (TPSA) is 136 Å². The molecule has 0 saturated heterocycles. The van der Waals surface area contributed by atoms with Gasteiger partial charge in [0.25, 0.3) is 11.5 Å². The predicted octanol–water partition coefficient (Wildman–Crippen LogP) is 4.27. The molecule has 0 aromatic carbocycles. The van der Waals surface area contributed by atoms with Crippen LogP contribution in [0.15, 0.2) is 53.8 Å². The van der Waals surface area contributed by atoms with Gasteiger partial charge in [-0.3, -0.25) is 19.4 Å². The molecule has 188 valence electrons. The zero-order valence-corrected chi connectivity index (χ0v) is 21.8. The number of nitriles is 1. The van der Waals surface area contributed by atoms with Crippen molar-refractivity contribution in [2.24, 2.45) is 5.41 Å². The number of hydrogen-bond donors (Lipinski definition) is 1. The molecule has 4 rings (SSSR count). The van der Waals surface area contributed by atoms with E-state index < -0.39 is 16.8 Å². The number of pyridine rings is 1. The maximum absolute atomic E-state index is 13.4. The highest BCUT2D eigenvalue weighted by molar-refractivity contribution is 7.16. The first-order valence-electron chi connectivity index (χ1n) is 11.1. The molecular weight excluding hydrogens is 514 g/mol. The van der Waals surface area contributed by atoms with Gasteiger partial charge >= 0.3 is 0 Å². The molecule has 37 heavy (non-hydrogen) atoms. The minimum atomic E-state index is -0.760. The first kappa shape index (κ1) is 25.9. The fourth-order valence-electron chi connectivity index (χ4n) is 3.41. The molecule has 10 nitrogen and oxygen atoms in total. The van der Waals surface area contributed by atoms with Gasteiger partial charge in [-0.1, -0.05) is 32.4 Å². The van der Waals surface area contributed by atoms with Crippen LogP contribution in [0.25, 0.3) is 11.3 Å². The van der Waals surface area contributed by atoms with Crippen molar-refractivity contribution in [1.82, 2.24) is 24.3 Å². The van der Waals surface area contributed by atoms with Crippen LogP contribution >= 0.6 is 22.9 Å². The van der Waals surface area contributed by atoms with Crippen molar-refractivity contribution in [2.75, 3.05) is 5.32 Å². The molecular formula is C25H22ClN7O3S. The Bertz CT molecular complexity index is 1580. The van der Waals surface area contributed by atoms with Crippen LogP contribution in [0.4, 0.5) is 5.82 Å². The maximum Gasteiger partial charge on any atom is 0.260 e. The average Bonchev–Trinajstić information content (AvgIpc) is 3.49. The van der Waals surface area contributed by atoms with Gasteiger partial charge in [-0.15, -0.1) is 11.3 Å². The van der Waals surface area contributed by atoms with E-state index in [1.807, 2.05) is 12.1 Å². The van der Waals surface area contributed by atoms with Crippen LogP contribution in [-0.4, -0.2) is 36.0 Å². The van der Waals surface area contributed by atoms with Gasteiger partial charge in [0.2, 0.25) is 5.78 Å². The summed E-state index contributed by atoms with van der Waals surface area (Å²) < 4.78 is 3.00. The summed E-state index contributed by atoms with van der Waals surface area (Å²) in [4.78, 5) is 48.0. The van der Waals surface area contributed by atoms with Crippen LogP contribution in [0.5, 0.6) is 0 Å². The minimum Gasteiger partial charge on any atom is -0.365 e. The fourth-order valence-corrected chi connectivity index (χ4v) is 4.44. The Morgan fingerprint density at radius 2 is 2.00 bits per heavy atom. The average molecular weight is 536 g/mol. The lowest BCUT2D eigenvalue weighted by Gasteiger charge is -2.18. The Kier molecular flexibility index (Phi) is 7.33. The molecule has 0 aliphatic heterocycles. The normalized spacial score (nSPS) is 11.2. The van der Waals surface area contributed by atoms with Gasteiger partial charge in [0.05, 0.1) is 34.7 Å². The summed E-state index contributed by atoms with van der Waals surface area (Å²) in [6.45, 7) is 5.34. The van der Waals surface area contributed by atoms with Crippen LogP contribution in [0.3, 0.4) is 0 Å². The second-order valence-electron chi connectivity index (χ2n) is 9.14. The van der Waals surface area contributed by atoms with E-state index >= 15 is 0 Å². The summed E-state index contributed by atoms with van der Waals surface area (Å²) in [6.07, 6.45) is 5.42. The Labute approximate surface area is 221 Å². The lowest BCUT2D eigenvalue weighted by molar-refractivity contribution is 0.0752. The van der Waals surface area contributed by atoms with E-state index in [4.69, 9.17) is 11.6 Å². The standard InChI is InChI=1S/C25H22ClN7O3S/c1-25(2,3)24(36)33-22(30-11-16-4-5-21(26)37-16)9-18(31-33)17-8-15(10-27)13-32(23(17)35)14-20(34)19-12-28-6-7-29-19/h4-9,12-13,30H,11,14H2,1-3H3. The summed E-state index contributed by atoms with van der Waals surface area (Å²) in [5.74, 6) is -0.356. The number of aromatic nitrogens is 5. The third-order valence-electron chi connectivity index (χ3n) is 5.27. The maximum atomic E-state index is 13.4. The largest absolute Gasteiger partial charge is 0.365 e. The molecule has 4 aromatic heterocycles. The molecule has 1 N–H and O–H groups in total. The second kappa shape index (κ2) is 10.5. The number of thiophene rings is 1. The lowest BCUT2D eigenvalue weighted by atomic mass is 9.96. The van der Waals surface area contributed by atoms with Crippen molar-refractivity contribution in [3.63, 3.8) is 0 Å². The Hall–Kier alpha value is -4.14. The van der Waals surface area contributed by atoms with Crippen LogP contribution in [-0.2, 0) is 13.1 Å². The Balaban J connectivity index is 1.75. The van der Waals surface area contributed by atoms with Crippen molar-refractivity contribution >= 4 is 40.4 Å². The molecule has 0 atom stereocenters. The quantitative estimate of drug-likeness (QED) is 0.346. The molecule has 4 heterocycles. The fraction of sp³-hybridized carbons (Fsp3) is 0.240. The number of Topliss-reactive ketones (excluding diaryl/α,β-unsaturated/α-hetero) is 1. The van der Waals surface area contributed by atoms with Crippen molar-refractivity contribution in [2.45, 2.75) is 33.9 Å². The monoisotopic (exact) mass is 535 g/mol. The number of carbonyl (C=O) groups is 2. The lowest BCUT2D eigenvalue weighted by Crippen LogP contribution is -2.29. The van der Waals surface area contributed by atoms with Gasteiger partial charge in [-0.25, -0.2) is 4.98 Å². The van der Waals surface area contributed by atoms with Gasteiger partial charge in [-0.05, 0) is 18.2 Å². The molecule has 12 heteroatoms. The number of hydrogen-bond acceptors (Lipinski definition) is 9. The van der Waals surface area contributed by atoms with Gasteiger partial charge in [0, 0.05) is 34.9 Å². The van der Waals surface area contributed by atoms with Gasteiger partial charge in [0.15, 0.2) is 0 Å². The van der Waals surface area contributed by atoms with Crippen LogP contribution in [0, 0.1) is 16.7 Å². The number of ketones is 1. The van der Waals surface area contributed by atoms with Crippen molar-refractivity contribution in [1.29, 1.82) is 5.26 Å². The third kappa shape index (κ3) is 5.82. The summed E-state index contributed by atoms with van der Waals surface area (Å²) >= 11 is 7.43. The Morgan fingerprint density at radius 3 is 2.62 bits per heavy atom. The molecule has 0 saturated carbocycles. The third-order valence-corrected chi connectivity index (χ3v) is 6.50. The van der Waals surface area contributed by atoms with E-state index in [1.165, 1.54) is 46.9 Å². The highest BCUT2D eigenvalue weighted by Gasteiger charge is 2.28. The Morgan fingerprint density at radius 1 is 1.22 bits per heavy atom. The molecule has 0 aliphatic rings. The molecule has 0 bridgehead atoms. The van der Waals surface area contributed by atoms with E-state index in [-0.39, 0.29) is 35.0 Å². The van der Waals surface area contributed by atoms with Crippen LogP contribution in [0.1, 0.15) is 46.5 Å². The highest BCUT2D eigenvalue weighted by atomic mass is 35.5. The van der Waals surface area contributed by atoms with E-state index in [9.17, 15) is 19.6 Å². The summed E-state index contributed by atoms with van der Waals surface area (Å²) in [7, 11) is 0. The molecule has 0 amide bonds. The number of anilines is 1. The smallest absolute Gasteiger partial charge is 0.260 e. The first-order valence-corrected chi connectivity index (χ1v) is 12.3. The number of nitrogens with one attached hydrogen (secondary N) is 1. The van der Waals surface area contributed by atoms with Crippen LogP contribution in [0.2, 0.25) is 4.34 Å². The number of carbonyl (C=O) groups excluding carboxylic acids is 2. The van der Waals surface area contributed by atoms with Crippen molar-refractivity contribution in [3.8, 4) is 17.3 Å². The molecule has 0 fully saturated rings. The molecule has 0 aliphatic carbocycles. The van der Waals surface area contributed by atoms with E-state index in [0.29, 0.717) is 16.7 Å².